The van der Waals surface area contributed by atoms with Gasteiger partial charge in [0.05, 0.1) is 11.8 Å². The molecule has 6 nitrogen and oxygen atoms in total. The molecule has 2 heterocycles. The van der Waals surface area contributed by atoms with Gasteiger partial charge in [0, 0.05) is 24.4 Å². The standard InChI is InChI=1S/C18H11F10N4O2P/c1-31-13(11(34-15(19)20)12(30-31)16(21,22)18(26,27)28)32-6-8(5-29-32)7-2-3-10(17(23,24)25)9(4-7)14(33)35/h2-6,15H,35H2,1H3. The molecule has 3 rings (SSSR count). The fourth-order valence-corrected chi connectivity index (χ4v) is 3.29. The van der Waals surface area contributed by atoms with E-state index in [-0.39, 0.29) is 11.1 Å². The number of hydrogen-bond donors (Lipinski definition) is 0. The summed E-state index contributed by atoms with van der Waals surface area (Å²) >= 11 is 0. The van der Waals surface area contributed by atoms with Crippen molar-refractivity contribution >= 4 is 14.8 Å². The molecule has 0 saturated carbocycles. The molecule has 3 aromatic rings. The molecular formula is C18H11F10N4O2P. The second-order valence-electron chi connectivity index (χ2n) is 6.87. The van der Waals surface area contributed by atoms with Crippen molar-refractivity contribution in [3.05, 3.63) is 47.4 Å². The second-order valence-corrected chi connectivity index (χ2v) is 7.40. The average Bonchev–Trinajstić information content (AvgIpc) is 3.30. The number of carbonyl (C=O) groups is 1. The molecule has 190 valence electrons. The fourth-order valence-electron chi connectivity index (χ4n) is 3.05. The maximum atomic E-state index is 13.9. The minimum Gasteiger partial charge on any atom is -0.428 e. The summed E-state index contributed by atoms with van der Waals surface area (Å²) in [4.78, 5) is 11.7. The average molecular weight is 536 g/mol. The van der Waals surface area contributed by atoms with Gasteiger partial charge in [-0.1, -0.05) is 15.3 Å². The van der Waals surface area contributed by atoms with Gasteiger partial charge in [-0.05, 0) is 17.7 Å². The molecule has 0 aliphatic carbocycles. The van der Waals surface area contributed by atoms with Crippen molar-refractivity contribution in [2.24, 2.45) is 7.05 Å². The molecule has 2 aromatic heterocycles. The van der Waals surface area contributed by atoms with E-state index in [1.54, 1.807) is 9.24 Å². The number of alkyl halides is 10. The number of halogens is 10. The van der Waals surface area contributed by atoms with Gasteiger partial charge in [0.25, 0.3) is 0 Å². The van der Waals surface area contributed by atoms with Crippen molar-refractivity contribution in [3.8, 4) is 22.7 Å². The summed E-state index contributed by atoms with van der Waals surface area (Å²) in [6, 6.07) is 2.40. The molecule has 1 atom stereocenters. The number of aromatic nitrogens is 4. The predicted molar refractivity (Wildman–Crippen MR) is 101 cm³/mol. The van der Waals surface area contributed by atoms with Crippen LogP contribution in [0.3, 0.4) is 0 Å². The Balaban J connectivity index is 2.15. The summed E-state index contributed by atoms with van der Waals surface area (Å²) in [5.41, 5.74) is -5.21. The Hall–Kier alpha value is -3.16. The van der Waals surface area contributed by atoms with Crippen LogP contribution in [0.25, 0.3) is 16.9 Å². The molecule has 17 heteroatoms. The lowest BCUT2D eigenvalue weighted by Crippen LogP contribution is -2.34. The number of rotatable bonds is 6. The van der Waals surface area contributed by atoms with Crippen molar-refractivity contribution in [1.82, 2.24) is 19.6 Å². The summed E-state index contributed by atoms with van der Waals surface area (Å²) in [5, 5.41) is 6.68. The van der Waals surface area contributed by atoms with E-state index in [9.17, 15) is 48.7 Å². The molecule has 1 aromatic carbocycles. The Labute approximate surface area is 190 Å². The van der Waals surface area contributed by atoms with Gasteiger partial charge in [-0.3, -0.25) is 4.79 Å². The second kappa shape index (κ2) is 8.81. The van der Waals surface area contributed by atoms with Crippen LogP contribution in [0.1, 0.15) is 21.6 Å². The number of carbonyl (C=O) groups excluding carboxylic acids is 1. The van der Waals surface area contributed by atoms with Crippen LogP contribution in [-0.2, 0) is 19.1 Å². The zero-order valence-corrected chi connectivity index (χ0v) is 18.1. The zero-order valence-electron chi connectivity index (χ0n) is 16.9. The van der Waals surface area contributed by atoms with E-state index in [1.165, 1.54) is 0 Å². The van der Waals surface area contributed by atoms with Crippen molar-refractivity contribution in [2.75, 3.05) is 0 Å². The maximum Gasteiger partial charge on any atom is 0.459 e. The van der Waals surface area contributed by atoms with Crippen molar-refractivity contribution in [3.63, 3.8) is 0 Å². The van der Waals surface area contributed by atoms with E-state index >= 15 is 0 Å². The zero-order chi connectivity index (χ0) is 26.5. The molecule has 0 amide bonds. The van der Waals surface area contributed by atoms with E-state index < -0.39 is 58.8 Å². The van der Waals surface area contributed by atoms with E-state index in [1.807, 2.05) is 0 Å². The van der Waals surface area contributed by atoms with Gasteiger partial charge in [0.15, 0.2) is 22.8 Å². The Kier molecular flexibility index (Phi) is 6.65. The number of ether oxygens (including phenoxy) is 1. The minimum absolute atomic E-state index is 0.0330. The summed E-state index contributed by atoms with van der Waals surface area (Å²) in [6.45, 7) is -3.82. The predicted octanol–water partition coefficient (Wildman–Crippen LogP) is 5.56. The monoisotopic (exact) mass is 536 g/mol. The van der Waals surface area contributed by atoms with Crippen LogP contribution in [0, 0.1) is 0 Å². The summed E-state index contributed by atoms with van der Waals surface area (Å²) in [7, 11) is 2.43. The third kappa shape index (κ3) is 4.97. The third-order valence-corrected chi connectivity index (χ3v) is 4.87. The molecule has 0 radical (unpaired) electrons. The molecule has 0 N–H and O–H groups in total. The molecular weight excluding hydrogens is 525 g/mol. The summed E-state index contributed by atoms with van der Waals surface area (Å²) < 4.78 is 136. The highest BCUT2D eigenvalue weighted by molar-refractivity contribution is 7.41. The van der Waals surface area contributed by atoms with Gasteiger partial charge in [0.2, 0.25) is 0 Å². The number of benzene rings is 1. The largest absolute Gasteiger partial charge is 0.459 e. The molecule has 0 aliphatic rings. The molecule has 35 heavy (non-hydrogen) atoms. The summed E-state index contributed by atoms with van der Waals surface area (Å²) in [6.07, 6.45) is -9.19. The molecule has 0 bridgehead atoms. The lowest BCUT2D eigenvalue weighted by Gasteiger charge is -2.18. The fraction of sp³-hybridized carbons (Fsp3) is 0.278. The van der Waals surface area contributed by atoms with Gasteiger partial charge in [0.1, 0.15) is 0 Å². The van der Waals surface area contributed by atoms with Crippen molar-refractivity contribution in [1.29, 1.82) is 0 Å². The van der Waals surface area contributed by atoms with Crippen LogP contribution < -0.4 is 4.74 Å². The smallest absolute Gasteiger partial charge is 0.428 e. The Morgan fingerprint density at radius 3 is 2.20 bits per heavy atom. The van der Waals surface area contributed by atoms with Gasteiger partial charge in [-0.25, -0.2) is 9.36 Å². The number of aryl methyl sites for hydroxylation is 1. The highest BCUT2D eigenvalue weighted by Crippen LogP contribution is 2.48. The lowest BCUT2D eigenvalue weighted by molar-refractivity contribution is -0.291. The van der Waals surface area contributed by atoms with Gasteiger partial charge < -0.3 is 4.74 Å². The minimum atomic E-state index is -6.20. The van der Waals surface area contributed by atoms with E-state index in [4.69, 9.17) is 0 Å². The highest BCUT2D eigenvalue weighted by Gasteiger charge is 2.62. The van der Waals surface area contributed by atoms with Crippen LogP contribution in [0.4, 0.5) is 43.9 Å². The van der Waals surface area contributed by atoms with Crippen molar-refractivity contribution < 1.29 is 53.4 Å². The SMILES string of the molecule is Cn1nc(C(F)(F)C(F)(F)F)c(OC(F)F)c1-n1cc(-c2ccc(C(F)(F)F)c(C(=O)P)c2)cn1. The van der Waals surface area contributed by atoms with Crippen LogP contribution in [0.5, 0.6) is 5.75 Å². The van der Waals surface area contributed by atoms with Crippen LogP contribution in [0.2, 0.25) is 0 Å². The molecule has 0 spiro atoms. The van der Waals surface area contributed by atoms with Crippen molar-refractivity contribution in [2.45, 2.75) is 24.9 Å². The lowest BCUT2D eigenvalue weighted by atomic mass is 10.0. The Bertz CT molecular complexity index is 1260. The molecule has 0 saturated heterocycles. The molecule has 0 aliphatic heterocycles. The first-order chi connectivity index (χ1) is 15.9. The normalized spacial score (nSPS) is 12.9. The van der Waals surface area contributed by atoms with Crippen LogP contribution >= 0.6 is 9.24 Å². The Morgan fingerprint density at radius 2 is 1.69 bits per heavy atom. The number of hydrogen-bond acceptors (Lipinski definition) is 4. The highest BCUT2D eigenvalue weighted by atomic mass is 31.0. The first kappa shape index (κ1) is 26.4. The van der Waals surface area contributed by atoms with E-state index in [0.29, 0.717) is 15.4 Å². The maximum absolute atomic E-state index is 13.9. The quantitative estimate of drug-likeness (QED) is 0.306. The first-order valence-electron chi connectivity index (χ1n) is 8.98. The van der Waals surface area contributed by atoms with Crippen LogP contribution in [-0.4, -0.2) is 37.9 Å². The van der Waals surface area contributed by atoms with Gasteiger partial charge in [-0.2, -0.15) is 54.1 Å². The molecule has 0 fully saturated rings. The van der Waals surface area contributed by atoms with Gasteiger partial charge in [-0.15, -0.1) is 0 Å². The summed E-state index contributed by atoms with van der Waals surface area (Å²) in [5.74, 6) is -8.15. The van der Waals surface area contributed by atoms with Crippen LogP contribution in [0.15, 0.2) is 30.6 Å². The third-order valence-electron chi connectivity index (χ3n) is 4.56. The van der Waals surface area contributed by atoms with E-state index in [2.05, 4.69) is 14.9 Å². The topological polar surface area (TPSA) is 61.9 Å². The number of nitrogens with zero attached hydrogens (tertiary/aromatic N) is 4. The first-order valence-corrected chi connectivity index (χ1v) is 9.56. The Morgan fingerprint density at radius 1 is 1.06 bits per heavy atom. The van der Waals surface area contributed by atoms with E-state index in [0.717, 1.165) is 31.6 Å². The van der Waals surface area contributed by atoms with Gasteiger partial charge >= 0.3 is 24.9 Å². The molecule has 1 unspecified atom stereocenters.